The Morgan fingerprint density at radius 3 is 2.81 bits per heavy atom. The van der Waals surface area contributed by atoms with Gasteiger partial charge in [-0.25, -0.2) is 0 Å². The van der Waals surface area contributed by atoms with Crippen molar-refractivity contribution in [1.29, 1.82) is 0 Å². The van der Waals surface area contributed by atoms with Gasteiger partial charge in [0.05, 0.1) is 17.5 Å². The summed E-state index contributed by atoms with van der Waals surface area (Å²) < 4.78 is 3.33. The summed E-state index contributed by atoms with van der Waals surface area (Å²) in [6.07, 6.45) is 3.29. The lowest BCUT2D eigenvalue weighted by Gasteiger charge is -2.01. The molecule has 0 atom stereocenters. The Bertz CT molecular complexity index is 524. The first-order valence-corrected chi connectivity index (χ1v) is 5.19. The highest BCUT2D eigenvalue weighted by atomic mass is 16.1. The zero-order chi connectivity index (χ0) is 11.7. The number of aromatic nitrogens is 4. The Labute approximate surface area is 93.7 Å². The first-order chi connectivity index (χ1) is 7.61. The zero-order valence-corrected chi connectivity index (χ0v) is 9.64. The van der Waals surface area contributed by atoms with Crippen LogP contribution in [0.1, 0.15) is 28.7 Å². The Balaban J connectivity index is 2.40. The minimum absolute atomic E-state index is 0.0319. The number of hydrogen-bond donors (Lipinski definition) is 0. The van der Waals surface area contributed by atoms with Crippen LogP contribution in [0.3, 0.4) is 0 Å². The molecule has 2 heterocycles. The summed E-state index contributed by atoms with van der Waals surface area (Å²) in [6.45, 7) is 4.54. The summed E-state index contributed by atoms with van der Waals surface area (Å²) in [5.41, 5.74) is 2.07. The summed E-state index contributed by atoms with van der Waals surface area (Å²) in [7, 11) is 1.79. The van der Waals surface area contributed by atoms with Crippen LogP contribution < -0.4 is 0 Å². The molecule has 16 heavy (non-hydrogen) atoms. The molecular formula is C11H14N4O. The van der Waals surface area contributed by atoms with Crippen LogP contribution in [0, 0.1) is 6.92 Å². The van der Waals surface area contributed by atoms with Gasteiger partial charge in [0.15, 0.2) is 0 Å². The molecule has 0 radical (unpaired) electrons. The number of ketones is 1. The molecule has 0 N–H and O–H groups in total. The molecule has 0 spiro atoms. The fraction of sp³-hybridized carbons (Fsp3) is 0.364. The Morgan fingerprint density at radius 2 is 2.25 bits per heavy atom. The normalized spacial score (nSPS) is 10.7. The first kappa shape index (κ1) is 10.6. The van der Waals surface area contributed by atoms with Gasteiger partial charge in [0, 0.05) is 19.8 Å². The van der Waals surface area contributed by atoms with Gasteiger partial charge in [0.1, 0.15) is 5.69 Å². The highest BCUT2D eigenvalue weighted by Gasteiger charge is 2.16. The summed E-state index contributed by atoms with van der Waals surface area (Å²) in [4.78, 5) is 12.1. The van der Waals surface area contributed by atoms with Crippen LogP contribution in [0.15, 0.2) is 18.5 Å². The molecule has 0 aliphatic rings. The van der Waals surface area contributed by atoms with Gasteiger partial charge in [0.2, 0.25) is 5.78 Å². The lowest BCUT2D eigenvalue weighted by Crippen LogP contribution is -2.09. The van der Waals surface area contributed by atoms with Gasteiger partial charge in [-0.2, -0.15) is 10.2 Å². The highest BCUT2D eigenvalue weighted by Crippen LogP contribution is 2.10. The molecule has 2 aromatic rings. The number of carbonyl (C=O) groups excluding carboxylic acids is 1. The van der Waals surface area contributed by atoms with Crippen LogP contribution in [0.25, 0.3) is 0 Å². The maximum absolute atomic E-state index is 12.1. The van der Waals surface area contributed by atoms with Crippen molar-refractivity contribution in [1.82, 2.24) is 19.6 Å². The lowest BCUT2D eigenvalue weighted by atomic mass is 10.1. The average Bonchev–Trinajstić information content (AvgIpc) is 2.83. The van der Waals surface area contributed by atoms with Gasteiger partial charge in [-0.1, -0.05) is 0 Å². The molecule has 0 amide bonds. The van der Waals surface area contributed by atoms with Gasteiger partial charge in [-0.3, -0.25) is 14.2 Å². The van der Waals surface area contributed by atoms with E-state index >= 15 is 0 Å². The van der Waals surface area contributed by atoms with Gasteiger partial charge < -0.3 is 0 Å². The van der Waals surface area contributed by atoms with Crippen LogP contribution in [-0.4, -0.2) is 25.3 Å². The minimum Gasteiger partial charge on any atom is -0.287 e. The Kier molecular flexibility index (Phi) is 2.60. The molecule has 0 fully saturated rings. The molecule has 2 rings (SSSR count). The third-order valence-electron chi connectivity index (χ3n) is 2.40. The largest absolute Gasteiger partial charge is 0.287 e. The third-order valence-corrected chi connectivity index (χ3v) is 2.40. The van der Waals surface area contributed by atoms with E-state index in [0.717, 1.165) is 5.69 Å². The Hall–Kier alpha value is -1.91. The van der Waals surface area contributed by atoms with E-state index in [1.54, 1.807) is 34.9 Å². The summed E-state index contributed by atoms with van der Waals surface area (Å²) >= 11 is 0. The molecular weight excluding hydrogens is 204 g/mol. The topological polar surface area (TPSA) is 52.7 Å². The molecule has 2 aromatic heterocycles. The van der Waals surface area contributed by atoms with Gasteiger partial charge >= 0.3 is 0 Å². The highest BCUT2D eigenvalue weighted by molar-refractivity contribution is 6.07. The van der Waals surface area contributed by atoms with Crippen LogP contribution >= 0.6 is 0 Å². The molecule has 84 valence electrons. The molecule has 5 heteroatoms. The summed E-state index contributed by atoms with van der Waals surface area (Å²) in [6, 6.07) is 1.80. The third kappa shape index (κ3) is 1.76. The van der Waals surface area contributed by atoms with Crippen molar-refractivity contribution < 1.29 is 4.79 Å². The fourth-order valence-electron chi connectivity index (χ4n) is 1.66. The maximum atomic E-state index is 12.1. The lowest BCUT2D eigenvalue weighted by molar-refractivity contribution is 0.102. The summed E-state index contributed by atoms with van der Waals surface area (Å²) in [5.74, 6) is -0.0319. The second kappa shape index (κ2) is 3.92. The van der Waals surface area contributed by atoms with Crippen LogP contribution in [0.5, 0.6) is 0 Å². The van der Waals surface area contributed by atoms with Crippen molar-refractivity contribution in [3.63, 3.8) is 0 Å². The molecule has 0 unspecified atom stereocenters. The van der Waals surface area contributed by atoms with E-state index in [-0.39, 0.29) is 5.78 Å². The predicted octanol–water partition coefficient (Wildman–Crippen LogP) is 1.18. The molecule has 0 aliphatic heterocycles. The number of carbonyl (C=O) groups is 1. The van der Waals surface area contributed by atoms with E-state index in [0.29, 0.717) is 17.8 Å². The molecule has 0 aromatic carbocycles. The first-order valence-electron chi connectivity index (χ1n) is 5.19. The number of aryl methyl sites for hydroxylation is 3. The second-order valence-corrected chi connectivity index (χ2v) is 3.72. The predicted molar refractivity (Wildman–Crippen MR) is 59.3 cm³/mol. The van der Waals surface area contributed by atoms with Crippen molar-refractivity contribution in [2.75, 3.05) is 0 Å². The van der Waals surface area contributed by atoms with E-state index in [9.17, 15) is 4.79 Å². The molecule has 5 nitrogen and oxygen atoms in total. The minimum atomic E-state index is -0.0319. The van der Waals surface area contributed by atoms with Gasteiger partial charge in [-0.15, -0.1) is 0 Å². The van der Waals surface area contributed by atoms with Crippen molar-refractivity contribution >= 4 is 5.78 Å². The average molecular weight is 218 g/mol. The second-order valence-electron chi connectivity index (χ2n) is 3.72. The van der Waals surface area contributed by atoms with E-state index in [4.69, 9.17) is 0 Å². The van der Waals surface area contributed by atoms with Crippen LogP contribution in [0.2, 0.25) is 0 Å². The standard InChI is InChI=1S/C11H14N4O/c1-4-15-10(5-8(2)13-15)11(16)9-6-12-14(3)7-9/h5-7H,4H2,1-3H3. The van der Waals surface area contributed by atoms with E-state index in [1.807, 2.05) is 13.8 Å². The number of rotatable bonds is 3. The van der Waals surface area contributed by atoms with Gasteiger partial charge in [-0.05, 0) is 19.9 Å². The van der Waals surface area contributed by atoms with Crippen molar-refractivity contribution in [2.24, 2.45) is 7.05 Å². The molecule has 0 saturated heterocycles. The number of hydrogen-bond acceptors (Lipinski definition) is 3. The van der Waals surface area contributed by atoms with Crippen LogP contribution in [0.4, 0.5) is 0 Å². The fourth-order valence-corrected chi connectivity index (χ4v) is 1.66. The maximum Gasteiger partial charge on any atom is 0.214 e. The smallest absolute Gasteiger partial charge is 0.214 e. The van der Waals surface area contributed by atoms with Crippen molar-refractivity contribution in [2.45, 2.75) is 20.4 Å². The molecule has 0 bridgehead atoms. The monoisotopic (exact) mass is 218 g/mol. The van der Waals surface area contributed by atoms with E-state index < -0.39 is 0 Å². The Morgan fingerprint density at radius 1 is 1.50 bits per heavy atom. The number of nitrogens with zero attached hydrogens (tertiary/aromatic N) is 4. The molecule has 0 aliphatic carbocycles. The van der Waals surface area contributed by atoms with Gasteiger partial charge in [0.25, 0.3) is 0 Å². The van der Waals surface area contributed by atoms with Crippen molar-refractivity contribution in [3.05, 3.63) is 35.4 Å². The summed E-state index contributed by atoms with van der Waals surface area (Å²) in [5, 5.41) is 8.24. The van der Waals surface area contributed by atoms with E-state index in [1.165, 1.54) is 0 Å². The van der Waals surface area contributed by atoms with Crippen molar-refractivity contribution in [3.8, 4) is 0 Å². The quantitative estimate of drug-likeness (QED) is 0.727. The SMILES string of the molecule is CCn1nc(C)cc1C(=O)c1cnn(C)c1. The van der Waals surface area contributed by atoms with E-state index in [2.05, 4.69) is 10.2 Å². The zero-order valence-electron chi connectivity index (χ0n) is 9.64. The van der Waals surface area contributed by atoms with Crippen LogP contribution in [-0.2, 0) is 13.6 Å². The molecule has 0 saturated carbocycles.